The second-order valence-electron chi connectivity index (χ2n) is 7.81. The molecule has 164 valence electrons. The summed E-state index contributed by atoms with van der Waals surface area (Å²) in [5.41, 5.74) is 2.64. The van der Waals surface area contributed by atoms with Gasteiger partial charge in [-0.3, -0.25) is 14.5 Å². The molecule has 1 aliphatic carbocycles. The van der Waals surface area contributed by atoms with Crippen LogP contribution in [-0.2, 0) is 17.8 Å². The molecular weight excluding hydrogens is 411 g/mol. The molecule has 31 heavy (non-hydrogen) atoms. The number of aromatic nitrogens is 4. The fourth-order valence-electron chi connectivity index (χ4n) is 3.26. The Morgan fingerprint density at radius 2 is 2.13 bits per heavy atom. The molecule has 0 bridgehead atoms. The Morgan fingerprint density at radius 3 is 2.84 bits per heavy atom. The van der Waals surface area contributed by atoms with Gasteiger partial charge in [-0.2, -0.15) is 18.3 Å². The van der Waals surface area contributed by atoms with E-state index >= 15 is 0 Å². The van der Waals surface area contributed by atoms with Gasteiger partial charge in [-0.1, -0.05) is 0 Å². The summed E-state index contributed by atoms with van der Waals surface area (Å²) in [5, 5.41) is 8.25. The van der Waals surface area contributed by atoms with Gasteiger partial charge in [-0.25, -0.2) is 4.98 Å². The van der Waals surface area contributed by atoms with Crippen molar-refractivity contribution in [3.63, 3.8) is 0 Å². The largest absolute Gasteiger partial charge is 0.468 e. The van der Waals surface area contributed by atoms with E-state index in [1.165, 1.54) is 19.0 Å². The van der Waals surface area contributed by atoms with Gasteiger partial charge in [-0.05, 0) is 43.4 Å². The van der Waals surface area contributed by atoms with Crippen LogP contribution in [0.15, 0.2) is 30.7 Å². The van der Waals surface area contributed by atoms with Crippen LogP contribution >= 0.6 is 0 Å². The number of hydrogen-bond donors (Lipinski definition) is 1. The monoisotopic (exact) mass is 433 g/mol. The van der Waals surface area contributed by atoms with Crippen molar-refractivity contribution in [2.24, 2.45) is 5.92 Å². The Hall–Kier alpha value is -3.17. The average Bonchev–Trinajstić information content (AvgIpc) is 3.43. The molecule has 3 heterocycles. The highest BCUT2D eigenvalue weighted by Crippen LogP contribution is 2.27. The Balaban J connectivity index is 1.45. The van der Waals surface area contributed by atoms with Gasteiger partial charge in [0.2, 0.25) is 11.8 Å². The van der Waals surface area contributed by atoms with Crippen LogP contribution in [0.5, 0.6) is 5.88 Å². The highest BCUT2D eigenvalue weighted by molar-refractivity contribution is 5.86. The summed E-state index contributed by atoms with van der Waals surface area (Å²) in [6, 6.07) is 3.49. The van der Waals surface area contributed by atoms with Crippen molar-refractivity contribution in [1.29, 1.82) is 0 Å². The van der Waals surface area contributed by atoms with Crippen LogP contribution in [0.4, 0.5) is 13.2 Å². The molecule has 4 rings (SSSR count). The zero-order chi connectivity index (χ0) is 22.0. The van der Waals surface area contributed by atoms with Crippen molar-refractivity contribution in [1.82, 2.24) is 25.1 Å². The van der Waals surface area contributed by atoms with Crippen molar-refractivity contribution in [3.05, 3.63) is 47.5 Å². The lowest BCUT2D eigenvalue weighted by Gasteiger charge is -2.11. The van der Waals surface area contributed by atoms with Gasteiger partial charge in [0.25, 0.3) is 0 Å². The molecular formula is C21H22F3N5O2. The predicted molar refractivity (Wildman–Crippen MR) is 107 cm³/mol. The van der Waals surface area contributed by atoms with Gasteiger partial charge in [-0.15, -0.1) is 0 Å². The smallest absolute Gasteiger partial charge is 0.422 e. The van der Waals surface area contributed by atoms with E-state index in [-0.39, 0.29) is 18.2 Å². The number of halogens is 3. The van der Waals surface area contributed by atoms with Gasteiger partial charge in [0.1, 0.15) is 0 Å². The Morgan fingerprint density at radius 1 is 1.32 bits per heavy atom. The SMILES string of the molecule is Cc1cc(Cn2cc3c(CC(=O)NCC4CC4)nccc3n2)cnc1OCC(F)(F)F. The number of nitrogens with zero attached hydrogens (tertiary/aromatic N) is 4. The van der Waals surface area contributed by atoms with E-state index in [0.29, 0.717) is 30.3 Å². The van der Waals surface area contributed by atoms with Gasteiger partial charge < -0.3 is 10.1 Å². The third-order valence-electron chi connectivity index (χ3n) is 4.98. The molecule has 0 radical (unpaired) electrons. The van der Waals surface area contributed by atoms with Crippen LogP contribution in [0.25, 0.3) is 10.9 Å². The minimum absolute atomic E-state index is 0.0459. The summed E-state index contributed by atoms with van der Waals surface area (Å²) in [6.45, 7) is 1.34. The van der Waals surface area contributed by atoms with Crippen molar-refractivity contribution in [2.45, 2.75) is 38.9 Å². The summed E-state index contributed by atoms with van der Waals surface area (Å²) >= 11 is 0. The molecule has 0 saturated heterocycles. The summed E-state index contributed by atoms with van der Waals surface area (Å²) in [5.74, 6) is 0.502. The van der Waals surface area contributed by atoms with Gasteiger partial charge in [0.15, 0.2) is 6.61 Å². The first-order chi connectivity index (χ1) is 14.8. The number of alkyl halides is 3. The van der Waals surface area contributed by atoms with Crippen LogP contribution in [0.3, 0.4) is 0 Å². The van der Waals surface area contributed by atoms with Crippen molar-refractivity contribution in [3.8, 4) is 5.88 Å². The molecule has 0 aliphatic heterocycles. The molecule has 0 spiro atoms. The average molecular weight is 433 g/mol. The van der Waals surface area contributed by atoms with Crippen LogP contribution in [0, 0.1) is 12.8 Å². The number of ether oxygens (including phenoxy) is 1. The summed E-state index contributed by atoms with van der Waals surface area (Å²) in [6.07, 6.45) is 3.02. The minimum atomic E-state index is -4.41. The molecule has 7 nitrogen and oxygen atoms in total. The topological polar surface area (TPSA) is 81.9 Å². The molecule has 0 atom stereocenters. The van der Waals surface area contributed by atoms with Crippen molar-refractivity contribution in [2.75, 3.05) is 13.2 Å². The summed E-state index contributed by atoms with van der Waals surface area (Å²) in [7, 11) is 0. The molecule has 1 fully saturated rings. The van der Waals surface area contributed by atoms with E-state index in [1.54, 1.807) is 29.9 Å². The standard InChI is InChI=1S/C21H22F3N5O2/c1-13-6-15(9-27-20(13)31-12-21(22,23)24)10-29-11-16-17(28-29)4-5-25-18(16)7-19(30)26-8-14-2-3-14/h4-6,9,11,14H,2-3,7-8,10,12H2,1H3,(H,26,30). The number of aryl methyl sites for hydroxylation is 1. The molecule has 0 unspecified atom stereocenters. The number of carbonyl (C=O) groups is 1. The lowest BCUT2D eigenvalue weighted by molar-refractivity contribution is -0.154. The zero-order valence-electron chi connectivity index (χ0n) is 16.9. The van der Waals surface area contributed by atoms with Gasteiger partial charge in [0, 0.05) is 36.1 Å². The predicted octanol–water partition coefficient (Wildman–Crippen LogP) is 3.19. The highest BCUT2D eigenvalue weighted by Gasteiger charge is 2.29. The van der Waals surface area contributed by atoms with Gasteiger partial charge >= 0.3 is 6.18 Å². The quantitative estimate of drug-likeness (QED) is 0.590. The molecule has 3 aromatic heterocycles. The molecule has 1 amide bonds. The van der Waals surface area contributed by atoms with E-state index in [9.17, 15) is 18.0 Å². The van der Waals surface area contributed by atoms with Crippen molar-refractivity contribution >= 4 is 16.8 Å². The first-order valence-corrected chi connectivity index (χ1v) is 9.99. The second-order valence-corrected chi connectivity index (χ2v) is 7.81. The Kier molecular flexibility index (Phi) is 5.79. The second kappa shape index (κ2) is 8.52. The molecule has 1 N–H and O–H groups in total. The summed E-state index contributed by atoms with van der Waals surface area (Å²) in [4.78, 5) is 20.5. The maximum Gasteiger partial charge on any atom is 0.422 e. The molecule has 1 saturated carbocycles. The summed E-state index contributed by atoms with van der Waals surface area (Å²) < 4.78 is 43.5. The van der Waals surface area contributed by atoms with Crippen molar-refractivity contribution < 1.29 is 22.7 Å². The van der Waals surface area contributed by atoms with Crippen LogP contribution < -0.4 is 10.1 Å². The number of pyridine rings is 2. The number of fused-ring (bicyclic) bond motifs is 1. The van der Waals surface area contributed by atoms with E-state index in [1.807, 2.05) is 6.20 Å². The normalized spacial score (nSPS) is 14.1. The highest BCUT2D eigenvalue weighted by atomic mass is 19.4. The molecule has 3 aromatic rings. The number of rotatable bonds is 8. The zero-order valence-corrected chi connectivity index (χ0v) is 16.9. The van der Waals surface area contributed by atoms with E-state index in [4.69, 9.17) is 4.74 Å². The Bertz CT molecular complexity index is 1090. The van der Waals surface area contributed by atoms with Crippen LogP contribution in [0.1, 0.15) is 29.7 Å². The number of nitrogens with one attached hydrogen (secondary N) is 1. The number of hydrogen-bond acceptors (Lipinski definition) is 5. The first-order valence-electron chi connectivity index (χ1n) is 9.99. The van der Waals surface area contributed by atoms with E-state index < -0.39 is 12.8 Å². The number of amides is 1. The Labute approximate surface area is 176 Å². The molecule has 0 aromatic carbocycles. The van der Waals surface area contributed by atoms with Crippen LogP contribution in [0.2, 0.25) is 0 Å². The van der Waals surface area contributed by atoms with Gasteiger partial charge in [0.05, 0.1) is 24.2 Å². The van der Waals surface area contributed by atoms with Crippen LogP contribution in [-0.4, -0.2) is 45.0 Å². The lowest BCUT2D eigenvalue weighted by Crippen LogP contribution is -2.27. The third kappa shape index (κ3) is 5.71. The lowest BCUT2D eigenvalue weighted by atomic mass is 10.2. The maximum absolute atomic E-state index is 12.3. The maximum atomic E-state index is 12.3. The fourth-order valence-corrected chi connectivity index (χ4v) is 3.26. The third-order valence-corrected chi connectivity index (χ3v) is 4.98. The first kappa shape index (κ1) is 21.1. The van der Waals surface area contributed by atoms with E-state index in [0.717, 1.165) is 16.5 Å². The molecule has 1 aliphatic rings. The van der Waals surface area contributed by atoms with E-state index in [2.05, 4.69) is 20.4 Å². The molecule has 10 heteroatoms. The number of carbonyl (C=O) groups excluding carboxylic acids is 1. The minimum Gasteiger partial charge on any atom is -0.468 e. The fraction of sp³-hybridized carbons (Fsp3) is 0.429.